The Morgan fingerprint density at radius 2 is 1.81 bits per heavy atom. The molecule has 0 amide bonds. The second kappa shape index (κ2) is 6.32. The van der Waals surface area contributed by atoms with E-state index in [1.165, 1.54) is 37.2 Å². The third-order valence-electron chi connectivity index (χ3n) is 3.92. The maximum Gasteiger partial charge on any atom is 0.416 e. The third kappa shape index (κ3) is 3.07. The topological polar surface area (TPSA) is 61.9 Å². The van der Waals surface area contributed by atoms with Gasteiger partial charge in [-0.1, -0.05) is 0 Å². The summed E-state index contributed by atoms with van der Waals surface area (Å²) >= 11 is 0. The minimum Gasteiger partial charge on any atom is -0.494 e. The summed E-state index contributed by atoms with van der Waals surface area (Å²) < 4.78 is 45.9. The molecule has 0 fully saturated rings. The number of hydrogen-bond donors (Lipinski definition) is 0. The number of halogens is 3. The average Bonchev–Trinajstić information content (AvgIpc) is 2.98. The lowest BCUT2D eigenvalue weighted by Gasteiger charge is -2.08. The summed E-state index contributed by atoms with van der Waals surface area (Å²) in [5, 5.41) is 8.27. The summed E-state index contributed by atoms with van der Waals surface area (Å²) in [6.45, 7) is 1.75. The Labute approximate surface area is 146 Å². The van der Waals surface area contributed by atoms with Crippen LogP contribution in [0.4, 0.5) is 13.2 Å². The van der Waals surface area contributed by atoms with Crippen molar-refractivity contribution in [2.24, 2.45) is 7.05 Å². The smallest absolute Gasteiger partial charge is 0.416 e. The number of ether oxygens (including phenoxy) is 1. The first-order valence-electron chi connectivity index (χ1n) is 7.57. The average molecular weight is 364 g/mol. The maximum absolute atomic E-state index is 12.7. The highest BCUT2D eigenvalue weighted by Crippen LogP contribution is 2.31. The first-order chi connectivity index (χ1) is 12.2. The fraction of sp³-hybridized carbons (Fsp3) is 0.235. The molecule has 0 bridgehead atoms. The van der Waals surface area contributed by atoms with Gasteiger partial charge in [-0.2, -0.15) is 23.4 Å². The van der Waals surface area contributed by atoms with Gasteiger partial charge in [0, 0.05) is 13.2 Å². The molecule has 0 aliphatic rings. The quantitative estimate of drug-likeness (QED) is 0.717. The van der Waals surface area contributed by atoms with Crippen LogP contribution in [0.3, 0.4) is 0 Å². The lowest BCUT2D eigenvalue weighted by molar-refractivity contribution is -0.137. The largest absolute Gasteiger partial charge is 0.494 e. The second-order valence-electron chi connectivity index (χ2n) is 5.67. The molecule has 0 aliphatic carbocycles. The van der Waals surface area contributed by atoms with Crippen molar-refractivity contribution in [3.63, 3.8) is 0 Å². The van der Waals surface area contributed by atoms with Gasteiger partial charge in [0.15, 0.2) is 5.75 Å². The molecule has 0 saturated carbocycles. The van der Waals surface area contributed by atoms with Crippen LogP contribution < -0.4 is 10.3 Å². The first kappa shape index (κ1) is 17.7. The Kier molecular flexibility index (Phi) is 4.31. The minimum atomic E-state index is -4.40. The molecule has 0 saturated heterocycles. The van der Waals surface area contributed by atoms with E-state index in [0.717, 1.165) is 16.8 Å². The predicted octanol–water partition coefficient (Wildman–Crippen LogP) is 2.97. The number of aromatic nitrogens is 4. The number of rotatable bonds is 3. The van der Waals surface area contributed by atoms with Crippen LogP contribution in [0, 0.1) is 6.92 Å². The molecule has 9 heteroatoms. The highest BCUT2D eigenvalue weighted by molar-refractivity contribution is 5.68. The van der Waals surface area contributed by atoms with Gasteiger partial charge in [-0.05, 0) is 36.8 Å². The van der Waals surface area contributed by atoms with Crippen molar-refractivity contribution in [1.29, 1.82) is 0 Å². The summed E-state index contributed by atoms with van der Waals surface area (Å²) in [6.07, 6.45) is -1.36. The van der Waals surface area contributed by atoms with Crippen LogP contribution in [0.2, 0.25) is 0 Å². The van der Waals surface area contributed by atoms with E-state index < -0.39 is 11.7 Å². The van der Waals surface area contributed by atoms with Gasteiger partial charge in [-0.3, -0.25) is 4.79 Å². The van der Waals surface area contributed by atoms with E-state index >= 15 is 0 Å². The van der Waals surface area contributed by atoms with Crippen molar-refractivity contribution in [2.75, 3.05) is 7.11 Å². The Bertz CT molecular complexity index is 1000. The fourth-order valence-corrected chi connectivity index (χ4v) is 2.54. The van der Waals surface area contributed by atoms with E-state index in [1.807, 2.05) is 0 Å². The maximum atomic E-state index is 12.7. The van der Waals surface area contributed by atoms with Gasteiger partial charge in [0.05, 0.1) is 24.6 Å². The van der Waals surface area contributed by atoms with E-state index in [9.17, 15) is 18.0 Å². The predicted molar refractivity (Wildman–Crippen MR) is 88.3 cm³/mol. The van der Waals surface area contributed by atoms with Crippen molar-refractivity contribution >= 4 is 0 Å². The molecular formula is C17H15F3N4O2. The summed E-state index contributed by atoms with van der Waals surface area (Å²) in [7, 11) is 2.93. The molecule has 0 spiro atoms. The number of nitrogens with zero attached hydrogens (tertiary/aromatic N) is 4. The second-order valence-corrected chi connectivity index (χ2v) is 5.67. The van der Waals surface area contributed by atoms with Crippen LogP contribution in [0.1, 0.15) is 11.1 Å². The minimum absolute atomic E-state index is 0.244. The van der Waals surface area contributed by atoms with Gasteiger partial charge in [0.1, 0.15) is 11.3 Å². The molecule has 2 heterocycles. The Hall–Kier alpha value is -3.10. The zero-order valence-corrected chi connectivity index (χ0v) is 14.2. The summed E-state index contributed by atoms with van der Waals surface area (Å²) in [5.41, 5.74) is 0.613. The molecule has 0 atom stereocenters. The first-order valence-corrected chi connectivity index (χ1v) is 7.57. The third-order valence-corrected chi connectivity index (χ3v) is 3.92. The van der Waals surface area contributed by atoms with Gasteiger partial charge < -0.3 is 4.74 Å². The van der Waals surface area contributed by atoms with E-state index in [-0.39, 0.29) is 16.9 Å². The lowest BCUT2D eigenvalue weighted by Crippen LogP contribution is -2.22. The molecule has 0 N–H and O–H groups in total. The molecule has 0 aliphatic heterocycles. The van der Waals surface area contributed by atoms with Crippen LogP contribution in [-0.2, 0) is 13.2 Å². The van der Waals surface area contributed by atoms with Crippen molar-refractivity contribution in [1.82, 2.24) is 19.6 Å². The van der Waals surface area contributed by atoms with Crippen LogP contribution in [0.25, 0.3) is 16.9 Å². The van der Waals surface area contributed by atoms with Gasteiger partial charge in [-0.25, -0.2) is 9.36 Å². The molecule has 1 aromatic carbocycles. The molecule has 3 rings (SSSR count). The van der Waals surface area contributed by atoms with Gasteiger partial charge in [0.2, 0.25) is 0 Å². The zero-order chi connectivity index (χ0) is 19.1. The van der Waals surface area contributed by atoms with Crippen LogP contribution in [0.15, 0.2) is 41.5 Å². The lowest BCUT2D eigenvalue weighted by atomic mass is 10.1. The molecule has 6 nitrogen and oxygen atoms in total. The molecular weight excluding hydrogens is 349 g/mol. The number of benzene rings is 1. The van der Waals surface area contributed by atoms with E-state index in [2.05, 4.69) is 10.2 Å². The molecule has 2 aromatic heterocycles. The van der Waals surface area contributed by atoms with E-state index in [4.69, 9.17) is 4.74 Å². The molecule has 0 radical (unpaired) electrons. The summed E-state index contributed by atoms with van der Waals surface area (Å²) in [4.78, 5) is 12.4. The van der Waals surface area contributed by atoms with Crippen molar-refractivity contribution in [2.45, 2.75) is 13.1 Å². The van der Waals surface area contributed by atoms with Gasteiger partial charge in [-0.15, -0.1) is 0 Å². The Morgan fingerprint density at radius 3 is 2.38 bits per heavy atom. The normalized spacial score (nSPS) is 11.6. The monoisotopic (exact) mass is 364 g/mol. The number of aryl methyl sites for hydroxylation is 2. The van der Waals surface area contributed by atoms with Crippen molar-refractivity contribution in [3.05, 3.63) is 58.1 Å². The Balaban J connectivity index is 2.09. The van der Waals surface area contributed by atoms with Crippen LogP contribution in [-0.4, -0.2) is 26.7 Å². The van der Waals surface area contributed by atoms with Gasteiger partial charge >= 0.3 is 6.18 Å². The zero-order valence-electron chi connectivity index (χ0n) is 14.2. The van der Waals surface area contributed by atoms with Crippen molar-refractivity contribution in [3.8, 4) is 22.7 Å². The summed E-state index contributed by atoms with van der Waals surface area (Å²) in [6, 6.07) is 4.61. The highest BCUT2D eigenvalue weighted by Gasteiger charge is 2.30. The van der Waals surface area contributed by atoms with E-state index in [1.54, 1.807) is 13.1 Å². The standard InChI is InChI=1S/C17H15F3N4O2/c1-10-9-24(12-6-4-11(5-7-12)17(18,19)20)22-15(10)14-13(26-3)8-21-23(2)16(14)25/h4-9H,1-3H3. The number of alkyl halides is 3. The molecule has 136 valence electrons. The highest BCUT2D eigenvalue weighted by atomic mass is 19.4. The molecule has 0 unspecified atom stereocenters. The van der Waals surface area contributed by atoms with Gasteiger partial charge in [0.25, 0.3) is 5.56 Å². The number of methoxy groups -OCH3 is 1. The molecule has 26 heavy (non-hydrogen) atoms. The Morgan fingerprint density at radius 1 is 1.15 bits per heavy atom. The van der Waals surface area contributed by atoms with E-state index in [0.29, 0.717) is 16.9 Å². The van der Waals surface area contributed by atoms with Crippen LogP contribution >= 0.6 is 0 Å². The molecule has 3 aromatic rings. The van der Waals surface area contributed by atoms with Crippen LogP contribution in [0.5, 0.6) is 5.75 Å². The SMILES string of the molecule is COc1cnn(C)c(=O)c1-c1nn(-c2ccc(C(F)(F)F)cc2)cc1C. The summed E-state index contributed by atoms with van der Waals surface area (Å²) in [5.74, 6) is 0.272. The fourth-order valence-electron chi connectivity index (χ4n) is 2.54. The number of hydrogen-bond acceptors (Lipinski definition) is 4. The van der Waals surface area contributed by atoms with Crippen molar-refractivity contribution < 1.29 is 17.9 Å².